The van der Waals surface area contributed by atoms with E-state index in [1.165, 1.54) is 0 Å². The molecule has 2 N–H and O–H groups in total. The van der Waals surface area contributed by atoms with E-state index in [0.717, 1.165) is 16.6 Å². The molecule has 5 heteroatoms. The third-order valence-corrected chi connectivity index (χ3v) is 3.12. The number of hydrogen-bond donors (Lipinski definition) is 2. The van der Waals surface area contributed by atoms with Crippen molar-refractivity contribution >= 4 is 27.5 Å². The summed E-state index contributed by atoms with van der Waals surface area (Å²) in [5, 5.41) is 15.0. The lowest BCUT2D eigenvalue weighted by molar-refractivity contribution is -0.119. The minimum absolute atomic E-state index is 0.115. The summed E-state index contributed by atoms with van der Waals surface area (Å²) < 4.78 is 0.870. The summed E-state index contributed by atoms with van der Waals surface area (Å²) in [6, 6.07) is 7.76. The van der Waals surface area contributed by atoms with Crippen molar-refractivity contribution in [2.75, 3.05) is 11.9 Å². The summed E-state index contributed by atoms with van der Waals surface area (Å²) in [5.41, 5.74) is 1.49. The van der Waals surface area contributed by atoms with Gasteiger partial charge in [0, 0.05) is 29.2 Å². The first-order chi connectivity index (χ1) is 8.17. The monoisotopic (exact) mass is 293 g/mol. The highest BCUT2D eigenvalue weighted by molar-refractivity contribution is 9.10. The Hall–Kier alpha value is -1.54. The molecular formula is C12H12BrN3O. The van der Waals surface area contributed by atoms with Crippen molar-refractivity contribution in [1.29, 1.82) is 5.26 Å². The van der Waals surface area contributed by atoms with Crippen LogP contribution in [0.1, 0.15) is 18.4 Å². The number of benzene rings is 1. The quantitative estimate of drug-likeness (QED) is 0.896. The number of hydrogen-bond acceptors (Lipinski definition) is 3. The zero-order chi connectivity index (χ0) is 12.3. The summed E-state index contributed by atoms with van der Waals surface area (Å²) in [6.07, 6.45) is 1.47. The third kappa shape index (κ3) is 3.21. The van der Waals surface area contributed by atoms with Crippen molar-refractivity contribution in [3.63, 3.8) is 0 Å². The highest BCUT2D eigenvalue weighted by Crippen LogP contribution is 2.19. The van der Waals surface area contributed by atoms with Crippen molar-refractivity contribution in [2.45, 2.75) is 18.9 Å². The number of nitrogens with one attached hydrogen (secondary N) is 2. The van der Waals surface area contributed by atoms with Crippen LogP contribution >= 0.6 is 15.9 Å². The summed E-state index contributed by atoms with van der Waals surface area (Å²) in [5.74, 6) is 0.115. The van der Waals surface area contributed by atoms with E-state index >= 15 is 0 Å². The van der Waals surface area contributed by atoms with Crippen LogP contribution in [0.2, 0.25) is 0 Å². The molecule has 1 amide bonds. The van der Waals surface area contributed by atoms with Gasteiger partial charge in [-0.25, -0.2) is 0 Å². The first-order valence-corrected chi connectivity index (χ1v) is 6.20. The van der Waals surface area contributed by atoms with Crippen LogP contribution in [0.15, 0.2) is 22.7 Å². The van der Waals surface area contributed by atoms with Crippen LogP contribution in [0.4, 0.5) is 5.69 Å². The van der Waals surface area contributed by atoms with Crippen LogP contribution in [0.25, 0.3) is 0 Å². The summed E-state index contributed by atoms with van der Waals surface area (Å²) in [6.45, 7) is 0.688. The second-order valence-corrected chi connectivity index (χ2v) is 4.94. The van der Waals surface area contributed by atoms with E-state index in [-0.39, 0.29) is 11.9 Å². The first kappa shape index (κ1) is 11.9. The Morgan fingerprint density at radius 2 is 2.35 bits per heavy atom. The maximum atomic E-state index is 11.0. The fourth-order valence-corrected chi connectivity index (χ4v) is 2.32. The molecule has 0 aromatic heterocycles. The number of rotatable bonds is 3. The molecule has 0 radical (unpaired) electrons. The van der Waals surface area contributed by atoms with Gasteiger partial charge in [-0.2, -0.15) is 5.26 Å². The van der Waals surface area contributed by atoms with E-state index in [1.54, 1.807) is 12.1 Å². The fraction of sp³-hybridized carbons (Fsp3) is 0.333. The van der Waals surface area contributed by atoms with Gasteiger partial charge in [0.1, 0.15) is 0 Å². The van der Waals surface area contributed by atoms with E-state index in [9.17, 15) is 4.79 Å². The van der Waals surface area contributed by atoms with Gasteiger partial charge in [-0.15, -0.1) is 0 Å². The molecule has 0 bridgehead atoms. The minimum atomic E-state index is 0.115. The second-order valence-electron chi connectivity index (χ2n) is 4.02. The van der Waals surface area contributed by atoms with E-state index in [4.69, 9.17) is 5.26 Å². The van der Waals surface area contributed by atoms with Crippen molar-refractivity contribution in [2.24, 2.45) is 0 Å². The Balaban J connectivity index is 1.97. The molecule has 1 fully saturated rings. The van der Waals surface area contributed by atoms with Gasteiger partial charge < -0.3 is 10.6 Å². The Morgan fingerprint density at radius 3 is 3.00 bits per heavy atom. The standard InChI is InChI=1S/C12H12BrN3O/c13-9-3-8(6-14)4-11(5-9)15-7-10-1-2-12(17)16-10/h3-5,10,15H,1-2,7H2,(H,16,17). The van der Waals surface area contributed by atoms with Gasteiger partial charge in [0.2, 0.25) is 5.91 Å². The normalized spacial score (nSPS) is 18.6. The lowest BCUT2D eigenvalue weighted by Crippen LogP contribution is -2.31. The van der Waals surface area contributed by atoms with Gasteiger partial charge in [0.25, 0.3) is 0 Å². The molecule has 1 atom stereocenters. The molecule has 1 aliphatic heterocycles. The summed E-state index contributed by atoms with van der Waals surface area (Å²) in [7, 11) is 0. The number of halogens is 1. The van der Waals surface area contributed by atoms with Crippen LogP contribution in [0, 0.1) is 11.3 Å². The molecule has 1 unspecified atom stereocenters. The molecule has 4 nitrogen and oxygen atoms in total. The Morgan fingerprint density at radius 1 is 1.53 bits per heavy atom. The van der Waals surface area contributed by atoms with Gasteiger partial charge in [0.15, 0.2) is 0 Å². The molecule has 1 aromatic rings. The lowest BCUT2D eigenvalue weighted by Gasteiger charge is -2.12. The molecule has 1 heterocycles. The number of nitriles is 1. The predicted molar refractivity (Wildman–Crippen MR) is 68.5 cm³/mol. The topological polar surface area (TPSA) is 64.9 Å². The molecule has 88 valence electrons. The highest BCUT2D eigenvalue weighted by Gasteiger charge is 2.19. The van der Waals surface area contributed by atoms with Gasteiger partial charge in [-0.1, -0.05) is 15.9 Å². The molecule has 0 saturated carbocycles. The molecule has 17 heavy (non-hydrogen) atoms. The van der Waals surface area contributed by atoms with E-state index < -0.39 is 0 Å². The van der Waals surface area contributed by atoms with Crippen molar-refractivity contribution in [3.8, 4) is 6.07 Å². The van der Waals surface area contributed by atoms with Crippen molar-refractivity contribution < 1.29 is 4.79 Å². The van der Waals surface area contributed by atoms with Crippen molar-refractivity contribution in [3.05, 3.63) is 28.2 Å². The Bertz CT molecular complexity index is 481. The smallest absolute Gasteiger partial charge is 0.220 e. The van der Waals surface area contributed by atoms with Crippen LogP contribution in [0.5, 0.6) is 0 Å². The largest absolute Gasteiger partial charge is 0.383 e. The van der Waals surface area contributed by atoms with E-state index in [1.807, 2.05) is 6.07 Å². The van der Waals surface area contributed by atoms with Crippen LogP contribution < -0.4 is 10.6 Å². The molecule has 1 aromatic carbocycles. The molecule has 2 rings (SSSR count). The maximum absolute atomic E-state index is 11.0. The lowest BCUT2D eigenvalue weighted by atomic mass is 10.2. The average Bonchev–Trinajstić information content (AvgIpc) is 2.72. The van der Waals surface area contributed by atoms with E-state index in [2.05, 4.69) is 32.6 Å². The Kier molecular flexibility index (Phi) is 3.64. The number of nitrogens with zero attached hydrogens (tertiary/aromatic N) is 1. The SMILES string of the molecule is N#Cc1cc(Br)cc(NCC2CCC(=O)N2)c1. The zero-order valence-electron chi connectivity index (χ0n) is 9.16. The van der Waals surface area contributed by atoms with Gasteiger partial charge in [-0.3, -0.25) is 4.79 Å². The number of carbonyl (C=O) groups is 1. The number of anilines is 1. The third-order valence-electron chi connectivity index (χ3n) is 2.66. The van der Waals surface area contributed by atoms with Crippen molar-refractivity contribution in [1.82, 2.24) is 5.32 Å². The first-order valence-electron chi connectivity index (χ1n) is 5.41. The Labute approximate surface area is 108 Å². The highest BCUT2D eigenvalue weighted by atomic mass is 79.9. The number of carbonyl (C=O) groups excluding carboxylic acids is 1. The molecule has 1 saturated heterocycles. The zero-order valence-corrected chi connectivity index (χ0v) is 10.8. The summed E-state index contributed by atoms with van der Waals surface area (Å²) >= 11 is 3.36. The van der Waals surface area contributed by atoms with Crippen LogP contribution in [-0.4, -0.2) is 18.5 Å². The molecule has 0 aliphatic carbocycles. The number of amides is 1. The average molecular weight is 294 g/mol. The predicted octanol–water partition coefficient (Wildman–Crippen LogP) is 2.01. The second kappa shape index (κ2) is 5.19. The maximum Gasteiger partial charge on any atom is 0.220 e. The van der Waals surface area contributed by atoms with Gasteiger partial charge >= 0.3 is 0 Å². The molecule has 0 spiro atoms. The van der Waals surface area contributed by atoms with Crippen LogP contribution in [0.3, 0.4) is 0 Å². The van der Waals surface area contributed by atoms with Crippen LogP contribution in [-0.2, 0) is 4.79 Å². The summed E-state index contributed by atoms with van der Waals surface area (Å²) in [4.78, 5) is 11.0. The van der Waals surface area contributed by atoms with E-state index in [0.29, 0.717) is 18.5 Å². The fourth-order valence-electron chi connectivity index (χ4n) is 1.83. The van der Waals surface area contributed by atoms with Gasteiger partial charge in [-0.05, 0) is 24.6 Å². The molecule has 1 aliphatic rings. The molecular weight excluding hydrogens is 282 g/mol. The van der Waals surface area contributed by atoms with Gasteiger partial charge in [0.05, 0.1) is 11.6 Å². The minimum Gasteiger partial charge on any atom is -0.383 e.